The fraction of sp³-hybridized carbons (Fsp3) is 0.688. The molecule has 1 N–H and O–H groups in total. The second-order valence-electron chi connectivity index (χ2n) is 5.83. The van der Waals surface area contributed by atoms with Gasteiger partial charge in [0, 0.05) is 34.6 Å². The Morgan fingerprint density at radius 1 is 0.889 bits per heavy atom. The fourth-order valence-electron chi connectivity index (χ4n) is 2.55. The van der Waals surface area contributed by atoms with Crippen LogP contribution < -0.4 is 5.32 Å². The molecule has 1 amide bonds. The highest BCUT2D eigenvalue weighted by Gasteiger charge is 2.51. The van der Waals surface area contributed by atoms with E-state index in [0.717, 1.165) is 25.6 Å². The summed E-state index contributed by atoms with van der Waals surface area (Å²) in [5.74, 6) is -2.43. The van der Waals surface area contributed by atoms with E-state index in [1.165, 1.54) is 20.8 Å². The van der Waals surface area contributed by atoms with Gasteiger partial charge in [0.15, 0.2) is 17.3 Å². The largest absolute Gasteiger partial charge is 0.463 e. The second-order valence-corrected chi connectivity index (χ2v) is 7.10. The van der Waals surface area contributed by atoms with Crippen molar-refractivity contribution >= 4 is 40.7 Å². The van der Waals surface area contributed by atoms with Crippen molar-refractivity contribution in [1.82, 2.24) is 5.32 Å². The van der Waals surface area contributed by atoms with Gasteiger partial charge in [-0.05, 0) is 0 Å². The molecule has 5 atom stereocenters. The summed E-state index contributed by atoms with van der Waals surface area (Å²) in [6.07, 6.45) is -3.32. The first-order valence-corrected chi connectivity index (χ1v) is 8.96. The molecule has 0 aromatic rings. The zero-order chi connectivity index (χ0) is 20.7. The van der Waals surface area contributed by atoms with Crippen LogP contribution in [0.2, 0.25) is 0 Å². The van der Waals surface area contributed by atoms with Crippen LogP contribution in [0, 0.1) is 0 Å². The van der Waals surface area contributed by atoms with E-state index in [0.29, 0.717) is 0 Å². The SMILES string of the molecule is CC(=O)NC1[C@@H](OC(C)=O)[C@@H](OC(C)=O)C(COC(C)=O)O[C@H]1SC(C)=O. The maximum Gasteiger partial charge on any atom is 0.303 e. The van der Waals surface area contributed by atoms with Crippen LogP contribution in [-0.4, -0.2) is 65.3 Å². The van der Waals surface area contributed by atoms with Gasteiger partial charge in [0.05, 0.1) is 0 Å². The van der Waals surface area contributed by atoms with Gasteiger partial charge < -0.3 is 24.3 Å². The van der Waals surface area contributed by atoms with E-state index < -0.39 is 53.6 Å². The van der Waals surface area contributed by atoms with Crippen molar-refractivity contribution in [1.29, 1.82) is 0 Å². The van der Waals surface area contributed by atoms with Gasteiger partial charge in [0.1, 0.15) is 24.2 Å². The Kier molecular flexibility index (Phi) is 8.70. The van der Waals surface area contributed by atoms with Gasteiger partial charge >= 0.3 is 17.9 Å². The summed E-state index contributed by atoms with van der Waals surface area (Å²) in [5, 5.41) is 2.26. The summed E-state index contributed by atoms with van der Waals surface area (Å²) in [7, 11) is 0. The van der Waals surface area contributed by atoms with Gasteiger partial charge in [-0.1, -0.05) is 11.8 Å². The van der Waals surface area contributed by atoms with Gasteiger partial charge in [0.25, 0.3) is 0 Å². The Morgan fingerprint density at radius 2 is 1.44 bits per heavy atom. The third kappa shape index (κ3) is 7.55. The minimum absolute atomic E-state index is 0.299. The number of esters is 3. The Labute approximate surface area is 160 Å². The highest BCUT2D eigenvalue weighted by atomic mass is 32.2. The molecule has 0 bridgehead atoms. The van der Waals surface area contributed by atoms with E-state index >= 15 is 0 Å². The van der Waals surface area contributed by atoms with E-state index in [1.807, 2.05) is 0 Å². The number of hydrogen-bond donors (Lipinski definition) is 1. The smallest absolute Gasteiger partial charge is 0.303 e. The van der Waals surface area contributed by atoms with Crippen LogP contribution in [0.15, 0.2) is 0 Å². The number of ether oxygens (including phenoxy) is 4. The molecule has 0 aromatic heterocycles. The lowest BCUT2D eigenvalue weighted by Gasteiger charge is -2.44. The van der Waals surface area contributed by atoms with Crippen LogP contribution in [0.4, 0.5) is 0 Å². The Balaban J connectivity index is 3.29. The maximum absolute atomic E-state index is 11.6. The van der Waals surface area contributed by atoms with Crippen molar-refractivity contribution in [2.45, 2.75) is 64.4 Å². The molecule has 27 heavy (non-hydrogen) atoms. The standard InChI is InChI=1S/C16H23NO9S/c1-7(18)17-13-15(25-10(4)21)14(24-9(3)20)12(6-23-8(2)19)26-16(13)27-11(5)22/h12-16H,6H2,1-5H3,(H,17,18)/t12?,13?,14-,15+,16-/m0/s1. The number of carbonyl (C=O) groups excluding carboxylic acids is 5. The van der Waals surface area contributed by atoms with E-state index in [2.05, 4.69) is 5.32 Å². The predicted molar refractivity (Wildman–Crippen MR) is 92.3 cm³/mol. The van der Waals surface area contributed by atoms with E-state index in [-0.39, 0.29) is 11.7 Å². The van der Waals surface area contributed by atoms with Crippen LogP contribution in [0.5, 0.6) is 0 Å². The van der Waals surface area contributed by atoms with Crippen molar-refractivity contribution in [3.63, 3.8) is 0 Å². The zero-order valence-corrected chi connectivity index (χ0v) is 16.5. The first-order chi connectivity index (χ1) is 12.5. The summed E-state index contributed by atoms with van der Waals surface area (Å²) in [6, 6.07) is -0.974. The summed E-state index contributed by atoms with van der Waals surface area (Å²) < 4.78 is 21.2. The molecule has 0 spiro atoms. The van der Waals surface area contributed by atoms with Gasteiger partial charge in [-0.3, -0.25) is 24.0 Å². The molecule has 2 unspecified atom stereocenters. The highest BCUT2D eigenvalue weighted by Crippen LogP contribution is 2.32. The Bertz CT molecular complexity index is 609. The average molecular weight is 405 g/mol. The molecule has 0 aromatic carbocycles. The number of nitrogens with one attached hydrogen (secondary N) is 1. The van der Waals surface area contributed by atoms with Gasteiger partial charge in [-0.25, -0.2) is 0 Å². The summed E-state index contributed by atoms with van der Waals surface area (Å²) in [6.45, 7) is 5.74. The van der Waals surface area contributed by atoms with Crippen molar-refractivity contribution in [3.05, 3.63) is 0 Å². The first kappa shape index (κ1) is 22.9. The van der Waals surface area contributed by atoms with Crippen molar-refractivity contribution in [2.75, 3.05) is 6.61 Å². The lowest BCUT2D eigenvalue weighted by atomic mass is 9.97. The third-order valence-electron chi connectivity index (χ3n) is 3.35. The van der Waals surface area contributed by atoms with Gasteiger partial charge in [0.2, 0.25) is 5.91 Å². The molecule has 1 fully saturated rings. The quantitative estimate of drug-likeness (QED) is 0.472. The number of hydrogen-bond acceptors (Lipinski definition) is 10. The highest BCUT2D eigenvalue weighted by molar-refractivity contribution is 8.14. The molecule has 1 aliphatic heterocycles. The summed E-state index contributed by atoms with van der Waals surface area (Å²) in [4.78, 5) is 57.5. The molecular formula is C16H23NO9S. The summed E-state index contributed by atoms with van der Waals surface area (Å²) in [5.41, 5.74) is -0.955. The number of thioether (sulfide) groups is 1. The maximum atomic E-state index is 11.6. The predicted octanol–water partition coefficient (Wildman–Crippen LogP) is -0.0778. The minimum Gasteiger partial charge on any atom is -0.463 e. The third-order valence-corrected chi connectivity index (χ3v) is 4.32. The molecule has 1 saturated heterocycles. The molecule has 10 nitrogen and oxygen atoms in total. The Morgan fingerprint density at radius 3 is 1.89 bits per heavy atom. The molecule has 1 rings (SSSR count). The minimum atomic E-state index is -1.16. The number of rotatable bonds is 6. The van der Waals surface area contributed by atoms with Crippen molar-refractivity contribution in [2.24, 2.45) is 0 Å². The molecular weight excluding hydrogens is 382 g/mol. The summed E-state index contributed by atoms with van der Waals surface area (Å²) >= 11 is 0.767. The van der Waals surface area contributed by atoms with Crippen LogP contribution in [0.1, 0.15) is 34.6 Å². The number of amides is 1. The van der Waals surface area contributed by atoms with Crippen LogP contribution >= 0.6 is 11.8 Å². The average Bonchev–Trinajstić information content (AvgIpc) is 2.49. The van der Waals surface area contributed by atoms with Crippen molar-refractivity contribution in [3.8, 4) is 0 Å². The van der Waals surface area contributed by atoms with E-state index in [4.69, 9.17) is 18.9 Å². The number of carbonyl (C=O) groups is 5. The molecule has 0 saturated carbocycles. The lowest BCUT2D eigenvalue weighted by Crippen LogP contribution is -2.65. The van der Waals surface area contributed by atoms with Crippen LogP contribution in [0.25, 0.3) is 0 Å². The molecule has 0 radical (unpaired) electrons. The second kappa shape index (κ2) is 10.3. The van der Waals surface area contributed by atoms with Gasteiger partial charge in [-0.15, -0.1) is 0 Å². The lowest BCUT2D eigenvalue weighted by molar-refractivity contribution is -0.211. The molecule has 152 valence electrons. The van der Waals surface area contributed by atoms with Crippen molar-refractivity contribution < 1.29 is 42.9 Å². The van der Waals surface area contributed by atoms with Crippen LogP contribution in [0.3, 0.4) is 0 Å². The molecule has 11 heteroatoms. The first-order valence-electron chi connectivity index (χ1n) is 8.08. The van der Waals surface area contributed by atoms with Gasteiger partial charge in [-0.2, -0.15) is 0 Å². The van der Waals surface area contributed by atoms with E-state index in [9.17, 15) is 24.0 Å². The topological polar surface area (TPSA) is 134 Å². The zero-order valence-electron chi connectivity index (χ0n) is 15.7. The molecule has 1 heterocycles. The van der Waals surface area contributed by atoms with Crippen LogP contribution in [-0.2, 0) is 42.9 Å². The fourth-order valence-corrected chi connectivity index (χ4v) is 3.45. The monoisotopic (exact) mass is 405 g/mol. The Hall–Kier alpha value is -2.14. The van der Waals surface area contributed by atoms with E-state index in [1.54, 1.807) is 0 Å². The normalized spacial score (nSPS) is 27.2. The molecule has 1 aliphatic rings. The molecule has 0 aliphatic carbocycles.